The van der Waals surface area contributed by atoms with Gasteiger partial charge in [0, 0.05) is 10.5 Å². The highest BCUT2D eigenvalue weighted by molar-refractivity contribution is 7.98. The second-order valence-corrected chi connectivity index (χ2v) is 3.81. The van der Waals surface area contributed by atoms with Crippen LogP contribution in [-0.4, -0.2) is 12.0 Å². The molecule has 0 radical (unpaired) electrons. The van der Waals surface area contributed by atoms with Crippen molar-refractivity contribution in [1.29, 1.82) is 0 Å². The minimum Gasteiger partial charge on any atom is -0.294 e. The van der Waals surface area contributed by atoms with Gasteiger partial charge in [-0.3, -0.25) is 4.79 Å². The van der Waals surface area contributed by atoms with Gasteiger partial charge >= 0.3 is 0 Å². The predicted molar refractivity (Wildman–Crippen MR) is 86.9 cm³/mol. The quantitative estimate of drug-likeness (QED) is 0.478. The molecular formula is C16H30OS. The first kappa shape index (κ1) is 22.4. The van der Waals surface area contributed by atoms with E-state index in [4.69, 9.17) is 0 Å². The van der Waals surface area contributed by atoms with E-state index in [1.807, 2.05) is 58.2 Å². The van der Waals surface area contributed by atoms with Gasteiger partial charge in [-0.1, -0.05) is 66.2 Å². The molecule has 0 atom stereocenters. The van der Waals surface area contributed by atoms with Gasteiger partial charge in [-0.05, 0) is 19.2 Å². The molecule has 0 amide bonds. The van der Waals surface area contributed by atoms with E-state index in [1.54, 1.807) is 18.7 Å². The molecule has 0 aliphatic carbocycles. The van der Waals surface area contributed by atoms with E-state index in [9.17, 15) is 4.79 Å². The normalized spacial score (nSPS) is 7.56. The minimum absolute atomic E-state index is 0.134. The molecule has 0 saturated heterocycles. The molecule has 0 fully saturated rings. The van der Waals surface area contributed by atoms with Crippen LogP contribution in [0.4, 0.5) is 0 Å². The number of benzene rings is 1. The summed E-state index contributed by atoms with van der Waals surface area (Å²) in [5.74, 6) is 0.134. The van der Waals surface area contributed by atoms with Gasteiger partial charge in [-0.25, -0.2) is 0 Å². The van der Waals surface area contributed by atoms with Gasteiger partial charge in [0.05, 0.1) is 0 Å². The van der Waals surface area contributed by atoms with Crippen molar-refractivity contribution >= 4 is 17.5 Å². The molecule has 0 bridgehead atoms. The molecule has 0 saturated carbocycles. The van der Waals surface area contributed by atoms with Crippen LogP contribution in [0.3, 0.4) is 0 Å². The Labute approximate surface area is 118 Å². The van der Waals surface area contributed by atoms with Gasteiger partial charge < -0.3 is 0 Å². The topological polar surface area (TPSA) is 17.1 Å². The van der Waals surface area contributed by atoms with E-state index in [1.165, 1.54) is 6.42 Å². The third-order valence-corrected chi connectivity index (χ3v) is 2.28. The lowest BCUT2D eigenvalue weighted by molar-refractivity contribution is 0.101. The Bertz CT molecular complexity index is 282. The fourth-order valence-corrected chi connectivity index (χ4v) is 1.58. The Morgan fingerprint density at radius 2 is 1.44 bits per heavy atom. The maximum atomic E-state index is 11.0. The molecule has 1 nitrogen and oxygen atoms in total. The summed E-state index contributed by atoms with van der Waals surface area (Å²) in [6.45, 7) is 13.8. The molecule has 0 aliphatic heterocycles. The first-order valence-electron chi connectivity index (χ1n) is 6.81. The standard InChI is InChI=1S/C9H10OS.C3H8.2C2H6/c1-7(10)8-5-3-4-6-9(8)11-2;1-3-2;2*1-2/h3-6H,1-2H3;3H2,1-2H3;2*1-2H3. The van der Waals surface area contributed by atoms with Crippen molar-refractivity contribution in [2.45, 2.75) is 59.8 Å². The Morgan fingerprint density at radius 3 is 1.72 bits per heavy atom. The van der Waals surface area contributed by atoms with Gasteiger partial charge in [-0.2, -0.15) is 0 Å². The predicted octanol–water partition coefficient (Wildman–Crippen LogP) is 6.08. The first-order valence-corrected chi connectivity index (χ1v) is 8.03. The highest BCUT2D eigenvalue weighted by Gasteiger charge is 2.03. The monoisotopic (exact) mass is 270 g/mol. The largest absolute Gasteiger partial charge is 0.294 e. The van der Waals surface area contributed by atoms with Gasteiger partial charge in [0.1, 0.15) is 0 Å². The molecule has 0 aliphatic rings. The van der Waals surface area contributed by atoms with Crippen molar-refractivity contribution in [1.82, 2.24) is 0 Å². The SMILES string of the molecule is CC.CC.CCC.CSc1ccccc1C(C)=O. The van der Waals surface area contributed by atoms with Gasteiger partial charge in [0.15, 0.2) is 5.78 Å². The van der Waals surface area contributed by atoms with Crippen molar-refractivity contribution in [3.63, 3.8) is 0 Å². The van der Waals surface area contributed by atoms with Crippen LogP contribution in [-0.2, 0) is 0 Å². The van der Waals surface area contributed by atoms with Crippen LogP contribution in [0.2, 0.25) is 0 Å². The van der Waals surface area contributed by atoms with Crippen molar-refractivity contribution < 1.29 is 4.79 Å². The van der Waals surface area contributed by atoms with E-state index in [2.05, 4.69) is 13.8 Å². The molecule has 0 heterocycles. The zero-order chi connectivity index (χ0) is 15.0. The van der Waals surface area contributed by atoms with Crippen LogP contribution in [0, 0.1) is 0 Å². The van der Waals surface area contributed by atoms with Crippen molar-refractivity contribution in [3.05, 3.63) is 29.8 Å². The molecular weight excluding hydrogens is 240 g/mol. The summed E-state index contributed by atoms with van der Waals surface area (Å²) < 4.78 is 0. The molecule has 0 spiro atoms. The average molecular weight is 270 g/mol. The zero-order valence-electron chi connectivity index (χ0n) is 13.3. The third-order valence-electron chi connectivity index (χ3n) is 1.49. The number of thioether (sulfide) groups is 1. The Balaban J connectivity index is -0.000000274. The van der Waals surface area contributed by atoms with Gasteiger partial charge in [0.2, 0.25) is 0 Å². The summed E-state index contributed by atoms with van der Waals surface area (Å²) in [7, 11) is 0. The van der Waals surface area contributed by atoms with Crippen molar-refractivity contribution in [2.75, 3.05) is 6.26 Å². The van der Waals surface area contributed by atoms with E-state index >= 15 is 0 Å². The number of rotatable bonds is 2. The molecule has 0 unspecified atom stereocenters. The number of hydrogen-bond donors (Lipinski definition) is 0. The van der Waals surface area contributed by atoms with E-state index < -0.39 is 0 Å². The van der Waals surface area contributed by atoms with Crippen LogP contribution in [0.1, 0.15) is 65.2 Å². The summed E-state index contributed by atoms with van der Waals surface area (Å²) in [5, 5.41) is 0. The molecule has 1 rings (SSSR count). The lowest BCUT2D eigenvalue weighted by atomic mass is 10.1. The summed E-state index contributed by atoms with van der Waals surface area (Å²) in [6.07, 6.45) is 3.22. The van der Waals surface area contributed by atoms with Gasteiger partial charge in [-0.15, -0.1) is 11.8 Å². The molecule has 106 valence electrons. The molecule has 2 heteroatoms. The van der Waals surface area contributed by atoms with Crippen LogP contribution in [0.15, 0.2) is 29.2 Å². The number of carbonyl (C=O) groups excluding carboxylic acids is 1. The number of ketones is 1. The number of carbonyl (C=O) groups is 1. The highest BCUT2D eigenvalue weighted by Crippen LogP contribution is 2.19. The lowest BCUT2D eigenvalue weighted by Gasteiger charge is -2.01. The maximum absolute atomic E-state index is 11.0. The van der Waals surface area contributed by atoms with Gasteiger partial charge in [0.25, 0.3) is 0 Å². The molecule has 18 heavy (non-hydrogen) atoms. The second kappa shape index (κ2) is 18.6. The Kier molecular flexibility index (Phi) is 23.2. The summed E-state index contributed by atoms with van der Waals surface area (Å²) >= 11 is 1.60. The Hall–Kier alpha value is -0.760. The summed E-state index contributed by atoms with van der Waals surface area (Å²) in [6, 6.07) is 7.64. The third kappa shape index (κ3) is 11.7. The van der Waals surface area contributed by atoms with Crippen LogP contribution < -0.4 is 0 Å². The molecule has 1 aromatic rings. The zero-order valence-corrected chi connectivity index (χ0v) is 14.1. The number of Topliss-reactive ketones (excluding diaryl/α,β-unsaturated/α-hetero) is 1. The van der Waals surface area contributed by atoms with E-state index in [0.29, 0.717) is 0 Å². The second-order valence-electron chi connectivity index (χ2n) is 2.96. The van der Waals surface area contributed by atoms with E-state index in [-0.39, 0.29) is 5.78 Å². The minimum atomic E-state index is 0.134. The Morgan fingerprint density at radius 1 is 1.06 bits per heavy atom. The molecule has 0 aromatic heterocycles. The summed E-state index contributed by atoms with van der Waals surface area (Å²) in [5.41, 5.74) is 0.819. The van der Waals surface area contributed by atoms with E-state index in [0.717, 1.165) is 10.5 Å². The maximum Gasteiger partial charge on any atom is 0.160 e. The molecule has 1 aromatic carbocycles. The summed E-state index contributed by atoms with van der Waals surface area (Å²) in [4.78, 5) is 12.1. The average Bonchev–Trinajstić information content (AvgIpc) is 2.44. The fraction of sp³-hybridized carbons (Fsp3) is 0.562. The van der Waals surface area contributed by atoms with Crippen LogP contribution >= 0.6 is 11.8 Å². The smallest absolute Gasteiger partial charge is 0.160 e. The van der Waals surface area contributed by atoms with Crippen molar-refractivity contribution in [3.8, 4) is 0 Å². The fourth-order valence-electron chi connectivity index (χ4n) is 0.935. The van der Waals surface area contributed by atoms with Crippen molar-refractivity contribution in [2.24, 2.45) is 0 Å². The molecule has 0 N–H and O–H groups in total. The van der Waals surface area contributed by atoms with Crippen LogP contribution in [0.25, 0.3) is 0 Å². The lowest BCUT2D eigenvalue weighted by Crippen LogP contribution is -1.93. The van der Waals surface area contributed by atoms with Crippen LogP contribution in [0.5, 0.6) is 0 Å². The first-order chi connectivity index (χ1) is 8.67. The highest BCUT2D eigenvalue weighted by atomic mass is 32.2. The number of hydrogen-bond acceptors (Lipinski definition) is 2.